The van der Waals surface area contributed by atoms with E-state index in [1.165, 1.54) is 0 Å². The first-order valence-corrected chi connectivity index (χ1v) is 7.60. The van der Waals surface area contributed by atoms with Crippen molar-refractivity contribution in [1.82, 2.24) is 10.5 Å². The Bertz CT molecular complexity index is 704. The van der Waals surface area contributed by atoms with Crippen LogP contribution in [0, 0.1) is 5.41 Å². The lowest BCUT2D eigenvalue weighted by atomic mass is 9.66. The molecule has 1 aliphatic rings. The van der Waals surface area contributed by atoms with Crippen molar-refractivity contribution in [3.63, 3.8) is 0 Å². The molecule has 1 amide bonds. The van der Waals surface area contributed by atoms with E-state index in [1.807, 2.05) is 30.3 Å². The number of aromatic nitrogens is 1. The SMILES string of the molecule is O=C(CC1(C(=O)O)CCC1)NCc1cc(-c2ccccc2)no1. The van der Waals surface area contributed by atoms with Crippen LogP contribution in [-0.2, 0) is 16.1 Å². The van der Waals surface area contributed by atoms with Gasteiger partial charge in [0, 0.05) is 18.1 Å². The summed E-state index contributed by atoms with van der Waals surface area (Å²) < 4.78 is 5.21. The fourth-order valence-corrected chi connectivity index (χ4v) is 2.77. The second-order valence-corrected chi connectivity index (χ2v) is 5.94. The van der Waals surface area contributed by atoms with Crippen molar-refractivity contribution in [3.05, 3.63) is 42.2 Å². The summed E-state index contributed by atoms with van der Waals surface area (Å²) in [4.78, 5) is 23.2. The lowest BCUT2D eigenvalue weighted by molar-refractivity contribution is -0.157. The molecule has 0 radical (unpaired) electrons. The van der Waals surface area contributed by atoms with Gasteiger partial charge in [-0.25, -0.2) is 0 Å². The molecule has 3 rings (SSSR count). The van der Waals surface area contributed by atoms with Crippen molar-refractivity contribution in [3.8, 4) is 11.3 Å². The van der Waals surface area contributed by atoms with E-state index in [4.69, 9.17) is 4.52 Å². The van der Waals surface area contributed by atoms with Crippen molar-refractivity contribution in [2.45, 2.75) is 32.2 Å². The molecule has 1 fully saturated rings. The van der Waals surface area contributed by atoms with Crippen molar-refractivity contribution in [1.29, 1.82) is 0 Å². The molecule has 1 aromatic carbocycles. The minimum absolute atomic E-state index is 0.0159. The van der Waals surface area contributed by atoms with Crippen LogP contribution < -0.4 is 5.32 Å². The molecular formula is C17H18N2O4. The number of hydrogen-bond acceptors (Lipinski definition) is 4. The van der Waals surface area contributed by atoms with Gasteiger partial charge in [0.25, 0.3) is 0 Å². The summed E-state index contributed by atoms with van der Waals surface area (Å²) in [6.45, 7) is 0.203. The molecule has 1 heterocycles. The maximum absolute atomic E-state index is 12.0. The Labute approximate surface area is 133 Å². The van der Waals surface area contributed by atoms with Crippen LogP contribution in [0.1, 0.15) is 31.4 Å². The van der Waals surface area contributed by atoms with Crippen LogP contribution >= 0.6 is 0 Å². The normalized spacial score (nSPS) is 15.7. The summed E-state index contributed by atoms with van der Waals surface area (Å²) in [5.41, 5.74) is 0.768. The average molecular weight is 314 g/mol. The molecule has 0 bridgehead atoms. The quantitative estimate of drug-likeness (QED) is 0.855. The Morgan fingerprint density at radius 2 is 2.00 bits per heavy atom. The number of nitrogens with one attached hydrogen (secondary N) is 1. The summed E-state index contributed by atoms with van der Waals surface area (Å²) in [6, 6.07) is 11.4. The summed E-state index contributed by atoms with van der Waals surface area (Å²) in [7, 11) is 0. The largest absolute Gasteiger partial charge is 0.481 e. The molecule has 0 saturated heterocycles. The highest BCUT2D eigenvalue weighted by molar-refractivity contribution is 5.85. The number of benzene rings is 1. The Morgan fingerprint density at radius 1 is 1.26 bits per heavy atom. The number of carboxylic acids is 1. The van der Waals surface area contributed by atoms with Gasteiger partial charge in [0.05, 0.1) is 12.0 Å². The molecule has 1 saturated carbocycles. The van der Waals surface area contributed by atoms with Crippen molar-refractivity contribution in [2.75, 3.05) is 0 Å². The third-order valence-electron chi connectivity index (χ3n) is 4.35. The number of rotatable bonds is 6. The number of carboxylic acid groups (broad SMARTS) is 1. The fraction of sp³-hybridized carbons (Fsp3) is 0.353. The van der Waals surface area contributed by atoms with Crippen LogP contribution in [0.4, 0.5) is 0 Å². The lowest BCUT2D eigenvalue weighted by Gasteiger charge is -2.36. The Hall–Kier alpha value is -2.63. The number of carbonyl (C=O) groups excluding carboxylic acids is 1. The molecule has 0 unspecified atom stereocenters. The number of carbonyl (C=O) groups is 2. The molecule has 1 aliphatic carbocycles. The summed E-state index contributed by atoms with van der Waals surface area (Å²) in [5.74, 6) is -0.620. The Morgan fingerprint density at radius 3 is 2.61 bits per heavy atom. The highest BCUT2D eigenvalue weighted by Gasteiger charge is 2.45. The summed E-state index contributed by atoms with van der Waals surface area (Å²) in [5, 5.41) is 15.9. The van der Waals surface area contributed by atoms with E-state index in [2.05, 4.69) is 10.5 Å². The monoisotopic (exact) mass is 314 g/mol. The predicted molar refractivity (Wildman–Crippen MR) is 82.3 cm³/mol. The molecule has 6 nitrogen and oxygen atoms in total. The second-order valence-electron chi connectivity index (χ2n) is 5.94. The molecule has 0 spiro atoms. The molecular weight excluding hydrogens is 296 g/mol. The molecule has 1 aromatic heterocycles. The van der Waals surface area contributed by atoms with Gasteiger partial charge in [-0.2, -0.15) is 0 Å². The van der Waals surface area contributed by atoms with Crippen LogP contribution in [0.15, 0.2) is 40.9 Å². The maximum atomic E-state index is 12.0. The number of amides is 1. The van der Waals surface area contributed by atoms with Gasteiger partial charge >= 0.3 is 5.97 Å². The first-order chi connectivity index (χ1) is 11.1. The molecule has 0 atom stereocenters. The van der Waals surface area contributed by atoms with E-state index >= 15 is 0 Å². The van der Waals surface area contributed by atoms with Crippen LogP contribution in [0.3, 0.4) is 0 Å². The average Bonchev–Trinajstić information content (AvgIpc) is 2.98. The lowest BCUT2D eigenvalue weighted by Crippen LogP contribution is -2.42. The van der Waals surface area contributed by atoms with Crippen molar-refractivity contribution < 1.29 is 19.2 Å². The van der Waals surface area contributed by atoms with Gasteiger partial charge in [-0.15, -0.1) is 0 Å². The third-order valence-corrected chi connectivity index (χ3v) is 4.35. The topological polar surface area (TPSA) is 92.4 Å². The first-order valence-electron chi connectivity index (χ1n) is 7.60. The van der Waals surface area contributed by atoms with Gasteiger partial charge in [0.2, 0.25) is 5.91 Å². The molecule has 23 heavy (non-hydrogen) atoms. The molecule has 6 heteroatoms. The zero-order valence-electron chi connectivity index (χ0n) is 12.6. The maximum Gasteiger partial charge on any atom is 0.310 e. The van der Waals surface area contributed by atoms with Crippen LogP contribution in [0.25, 0.3) is 11.3 Å². The van der Waals surface area contributed by atoms with Gasteiger partial charge in [0.15, 0.2) is 5.76 Å². The number of hydrogen-bond donors (Lipinski definition) is 2. The minimum Gasteiger partial charge on any atom is -0.481 e. The minimum atomic E-state index is -0.884. The van der Waals surface area contributed by atoms with Crippen LogP contribution in [0.5, 0.6) is 0 Å². The van der Waals surface area contributed by atoms with Crippen LogP contribution in [0.2, 0.25) is 0 Å². The summed E-state index contributed by atoms with van der Waals surface area (Å²) in [6.07, 6.45) is 2.01. The first kappa shape index (κ1) is 15.3. The molecule has 2 aromatic rings. The van der Waals surface area contributed by atoms with E-state index in [0.717, 1.165) is 12.0 Å². The molecule has 0 aliphatic heterocycles. The smallest absolute Gasteiger partial charge is 0.310 e. The number of nitrogens with zero attached hydrogens (tertiary/aromatic N) is 1. The van der Waals surface area contributed by atoms with E-state index in [9.17, 15) is 14.7 Å². The van der Waals surface area contributed by atoms with E-state index in [0.29, 0.717) is 24.3 Å². The van der Waals surface area contributed by atoms with E-state index in [-0.39, 0.29) is 18.9 Å². The third kappa shape index (κ3) is 3.26. The van der Waals surface area contributed by atoms with Gasteiger partial charge in [-0.1, -0.05) is 41.9 Å². The van der Waals surface area contributed by atoms with Crippen molar-refractivity contribution >= 4 is 11.9 Å². The predicted octanol–water partition coefficient (Wildman–Crippen LogP) is 2.60. The highest BCUT2D eigenvalue weighted by atomic mass is 16.5. The zero-order valence-corrected chi connectivity index (χ0v) is 12.6. The summed E-state index contributed by atoms with van der Waals surface area (Å²) >= 11 is 0. The zero-order chi connectivity index (χ0) is 16.3. The van der Waals surface area contributed by atoms with Gasteiger partial charge in [0.1, 0.15) is 5.69 Å². The van der Waals surface area contributed by atoms with E-state index < -0.39 is 11.4 Å². The molecule has 120 valence electrons. The standard InChI is InChI=1S/C17H18N2O4/c20-15(10-17(16(21)22)7-4-8-17)18-11-13-9-14(19-23-13)12-5-2-1-3-6-12/h1-3,5-6,9H,4,7-8,10-11H2,(H,18,20)(H,21,22). The highest BCUT2D eigenvalue weighted by Crippen LogP contribution is 2.44. The van der Waals surface area contributed by atoms with Crippen LogP contribution in [-0.4, -0.2) is 22.1 Å². The van der Waals surface area contributed by atoms with E-state index in [1.54, 1.807) is 6.07 Å². The fourth-order valence-electron chi connectivity index (χ4n) is 2.77. The van der Waals surface area contributed by atoms with Gasteiger partial charge in [-0.3, -0.25) is 9.59 Å². The Balaban J connectivity index is 1.56. The second kappa shape index (κ2) is 6.24. The van der Waals surface area contributed by atoms with Gasteiger partial charge in [-0.05, 0) is 12.8 Å². The van der Waals surface area contributed by atoms with Crippen molar-refractivity contribution in [2.24, 2.45) is 5.41 Å². The Kier molecular flexibility index (Phi) is 4.14. The number of aliphatic carboxylic acids is 1. The van der Waals surface area contributed by atoms with Gasteiger partial charge < -0.3 is 14.9 Å². The molecule has 2 N–H and O–H groups in total.